The SMILES string of the molecule is COc1c(C2CC2)cc(C2CC2)c(OC)c1-c1cccc2c1[P@](=O)(C(C)(C)C)CO2. The van der Waals surface area contributed by atoms with E-state index in [1.165, 1.54) is 36.8 Å². The molecule has 0 saturated heterocycles. The minimum atomic E-state index is -2.79. The van der Waals surface area contributed by atoms with Crippen LogP contribution in [-0.2, 0) is 4.57 Å². The van der Waals surface area contributed by atoms with Crippen LogP contribution in [0.15, 0.2) is 24.3 Å². The minimum Gasteiger partial charge on any atom is -0.496 e. The molecular formula is C25H31O4P. The van der Waals surface area contributed by atoms with Crippen LogP contribution in [0.4, 0.5) is 0 Å². The van der Waals surface area contributed by atoms with Crippen molar-refractivity contribution in [2.75, 3.05) is 20.6 Å². The van der Waals surface area contributed by atoms with Crippen molar-refractivity contribution >= 4 is 12.4 Å². The molecule has 4 nitrogen and oxygen atoms in total. The summed E-state index contributed by atoms with van der Waals surface area (Å²) in [5.41, 5.74) is 4.45. The fraction of sp³-hybridized carbons (Fsp3) is 0.520. The Balaban J connectivity index is 1.85. The molecule has 2 fully saturated rings. The van der Waals surface area contributed by atoms with Gasteiger partial charge in [0.25, 0.3) is 0 Å². The third-order valence-corrected chi connectivity index (χ3v) is 10.7. The zero-order chi connectivity index (χ0) is 21.3. The fourth-order valence-electron chi connectivity index (χ4n) is 4.74. The second-order valence-electron chi connectivity index (χ2n) is 9.88. The molecule has 30 heavy (non-hydrogen) atoms. The van der Waals surface area contributed by atoms with Crippen molar-refractivity contribution in [2.45, 2.75) is 63.4 Å². The van der Waals surface area contributed by atoms with Gasteiger partial charge in [0.2, 0.25) is 0 Å². The normalized spacial score (nSPS) is 23.1. The highest BCUT2D eigenvalue weighted by molar-refractivity contribution is 7.73. The molecule has 1 heterocycles. The van der Waals surface area contributed by atoms with Crippen molar-refractivity contribution in [2.24, 2.45) is 0 Å². The molecule has 2 aromatic rings. The first-order valence-electron chi connectivity index (χ1n) is 10.9. The zero-order valence-electron chi connectivity index (χ0n) is 18.6. The van der Waals surface area contributed by atoms with Gasteiger partial charge in [-0.25, -0.2) is 0 Å². The van der Waals surface area contributed by atoms with Gasteiger partial charge in [0.1, 0.15) is 23.6 Å². The van der Waals surface area contributed by atoms with Gasteiger partial charge >= 0.3 is 0 Å². The molecule has 0 spiro atoms. The summed E-state index contributed by atoms with van der Waals surface area (Å²) in [4.78, 5) is 0. The highest BCUT2D eigenvalue weighted by Crippen LogP contribution is 2.64. The highest BCUT2D eigenvalue weighted by atomic mass is 31.2. The molecule has 1 atom stereocenters. The van der Waals surface area contributed by atoms with Gasteiger partial charge in [0, 0.05) is 10.7 Å². The van der Waals surface area contributed by atoms with E-state index < -0.39 is 7.14 Å². The summed E-state index contributed by atoms with van der Waals surface area (Å²) in [5, 5.41) is 0.464. The van der Waals surface area contributed by atoms with E-state index in [0.717, 1.165) is 33.7 Å². The molecular weight excluding hydrogens is 395 g/mol. The monoisotopic (exact) mass is 426 g/mol. The smallest absolute Gasteiger partial charge is 0.160 e. The average molecular weight is 426 g/mol. The first-order valence-corrected chi connectivity index (χ1v) is 12.8. The van der Waals surface area contributed by atoms with Crippen LogP contribution in [0.25, 0.3) is 11.1 Å². The topological polar surface area (TPSA) is 44.8 Å². The molecule has 2 saturated carbocycles. The van der Waals surface area contributed by atoms with Crippen LogP contribution in [0.2, 0.25) is 0 Å². The lowest BCUT2D eigenvalue weighted by Crippen LogP contribution is -2.23. The number of fused-ring (bicyclic) bond motifs is 1. The molecule has 0 amide bonds. The number of rotatable bonds is 5. The third-order valence-electron chi connectivity index (χ3n) is 6.85. The lowest BCUT2D eigenvalue weighted by Gasteiger charge is -2.29. The van der Waals surface area contributed by atoms with Crippen molar-refractivity contribution in [3.05, 3.63) is 35.4 Å². The van der Waals surface area contributed by atoms with Crippen LogP contribution in [0.1, 0.15) is 69.4 Å². The summed E-state index contributed by atoms with van der Waals surface area (Å²) >= 11 is 0. The van der Waals surface area contributed by atoms with Crippen LogP contribution in [0.5, 0.6) is 17.2 Å². The van der Waals surface area contributed by atoms with Crippen LogP contribution >= 0.6 is 7.14 Å². The summed E-state index contributed by atoms with van der Waals surface area (Å²) in [5.74, 6) is 3.58. The van der Waals surface area contributed by atoms with E-state index in [-0.39, 0.29) is 11.5 Å². The van der Waals surface area contributed by atoms with Crippen LogP contribution in [-0.4, -0.2) is 25.7 Å². The second kappa shape index (κ2) is 6.79. The van der Waals surface area contributed by atoms with E-state index in [4.69, 9.17) is 14.2 Å². The molecule has 2 aliphatic carbocycles. The third kappa shape index (κ3) is 2.91. The minimum absolute atomic E-state index is 0.255. The predicted octanol–water partition coefficient (Wildman–Crippen LogP) is 6.26. The van der Waals surface area contributed by atoms with Gasteiger partial charge in [-0.3, -0.25) is 0 Å². The highest BCUT2D eigenvalue weighted by Gasteiger charge is 2.47. The number of benzene rings is 2. The Kier molecular flexibility index (Phi) is 4.52. The van der Waals surface area contributed by atoms with E-state index >= 15 is 0 Å². The summed E-state index contributed by atoms with van der Waals surface area (Å²) < 4.78 is 32.4. The van der Waals surface area contributed by atoms with Crippen molar-refractivity contribution in [1.29, 1.82) is 0 Å². The Bertz CT molecular complexity index is 1020. The van der Waals surface area contributed by atoms with E-state index in [1.54, 1.807) is 14.2 Å². The number of ether oxygens (including phenoxy) is 3. The summed E-state index contributed by atoms with van der Waals surface area (Å²) in [6, 6.07) is 8.32. The molecule has 0 N–H and O–H groups in total. The lowest BCUT2D eigenvalue weighted by molar-refractivity contribution is 0.389. The van der Waals surface area contributed by atoms with E-state index in [0.29, 0.717) is 11.8 Å². The molecule has 0 bridgehead atoms. The second-order valence-corrected chi connectivity index (χ2v) is 13.4. The van der Waals surface area contributed by atoms with Crippen LogP contribution in [0.3, 0.4) is 0 Å². The quantitative estimate of drug-likeness (QED) is 0.529. The Morgan fingerprint density at radius 2 is 1.53 bits per heavy atom. The molecule has 5 rings (SSSR count). The van der Waals surface area contributed by atoms with Gasteiger partial charge in [-0.2, -0.15) is 0 Å². The lowest BCUT2D eigenvalue weighted by atomic mass is 9.92. The molecule has 1 aliphatic heterocycles. The van der Waals surface area contributed by atoms with Gasteiger partial charge in [-0.05, 0) is 60.8 Å². The fourth-order valence-corrected chi connectivity index (χ4v) is 7.32. The molecule has 2 aromatic carbocycles. The number of hydrogen-bond donors (Lipinski definition) is 0. The molecule has 3 aliphatic rings. The Morgan fingerprint density at radius 3 is 2.00 bits per heavy atom. The number of hydrogen-bond acceptors (Lipinski definition) is 4. The van der Waals surface area contributed by atoms with Crippen molar-refractivity contribution in [1.82, 2.24) is 0 Å². The zero-order valence-corrected chi connectivity index (χ0v) is 19.5. The van der Waals surface area contributed by atoms with E-state index in [2.05, 4.69) is 12.1 Å². The van der Waals surface area contributed by atoms with Crippen LogP contribution in [0, 0.1) is 0 Å². The van der Waals surface area contributed by atoms with E-state index in [1.807, 2.05) is 32.9 Å². The van der Waals surface area contributed by atoms with Crippen molar-refractivity contribution < 1.29 is 18.8 Å². The van der Waals surface area contributed by atoms with Crippen LogP contribution < -0.4 is 19.5 Å². The first kappa shape index (κ1) is 20.0. The van der Waals surface area contributed by atoms with Gasteiger partial charge in [-0.15, -0.1) is 0 Å². The Morgan fingerprint density at radius 1 is 0.967 bits per heavy atom. The summed E-state index contributed by atoms with van der Waals surface area (Å²) in [6.07, 6.45) is 5.04. The van der Waals surface area contributed by atoms with Gasteiger partial charge in [0.05, 0.1) is 25.1 Å². The first-order chi connectivity index (χ1) is 14.3. The summed E-state index contributed by atoms with van der Waals surface area (Å²) in [7, 11) is 0.693. The van der Waals surface area contributed by atoms with Gasteiger partial charge in [-0.1, -0.05) is 32.9 Å². The largest absolute Gasteiger partial charge is 0.496 e. The maximum atomic E-state index is 14.3. The Hall–Kier alpha value is -1.93. The standard InChI is InChI=1S/C25H31O4P/c1-25(2,3)30(26)14-29-20-8-6-7-17(24(20)30)21-22(27-4)18(15-9-10-15)13-19(16-11-12-16)23(21)28-5/h6-8,13,15-16H,9-12,14H2,1-5H3/t30-/m0/s1. The van der Waals surface area contributed by atoms with Crippen molar-refractivity contribution in [3.63, 3.8) is 0 Å². The molecule has 0 radical (unpaired) electrons. The molecule has 5 heteroatoms. The van der Waals surface area contributed by atoms with E-state index in [9.17, 15) is 4.57 Å². The molecule has 160 valence electrons. The maximum absolute atomic E-state index is 14.3. The Labute approximate surface area is 179 Å². The van der Waals surface area contributed by atoms with Gasteiger partial charge in [0.15, 0.2) is 7.14 Å². The maximum Gasteiger partial charge on any atom is 0.160 e. The predicted molar refractivity (Wildman–Crippen MR) is 121 cm³/mol. The summed E-state index contributed by atoms with van der Waals surface area (Å²) in [6.45, 7) is 6.15. The molecule has 0 unspecified atom stereocenters. The number of methoxy groups -OCH3 is 2. The average Bonchev–Trinajstić information content (AvgIpc) is 3.63. The van der Waals surface area contributed by atoms with Crippen molar-refractivity contribution in [3.8, 4) is 28.4 Å². The van der Waals surface area contributed by atoms with Gasteiger partial charge < -0.3 is 18.8 Å². The molecule has 0 aromatic heterocycles.